The minimum Gasteiger partial charge on any atom is -0.409 e. The van der Waals surface area contributed by atoms with Crippen molar-refractivity contribution in [1.29, 1.82) is 0 Å². The van der Waals surface area contributed by atoms with Gasteiger partial charge in [0.25, 0.3) is 0 Å². The van der Waals surface area contributed by atoms with Gasteiger partial charge in [-0.05, 0) is 48.6 Å². The van der Waals surface area contributed by atoms with Crippen LogP contribution in [0.1, 0.15) is 23.1 Å². The molecule has 4 nitrogen and oxygen atoms in total. The molecule has 0 bridgehead atoms. The van der Waals surface area contributed by atoms with Crippen molar-refractivity contribution in [2.24, 2.45) is 10.9 Å². The van der Waals surface area contributed by atoms with Crippen LogP contribution in [0.2, 0.25) is 5.02 Å². The van der Waals surface area contributed by atoms with Crippen LogP contribution in [0, 0.1) is 0 Å². The molecule has 1 aromatic carbocycles. The van der Waals surface area contributed by atoms with E-state index in [9.17, 15) is 0 Å². The predicted octanol–water partition coefficient (Wildman–Crippen LogP) is 3.47. The van der Waals surface area contributed by atoms with E-state index >= 15 is 0 Å². The molecule has 0 saturated heterocycles. The molecule has 108 valence electrons. The summed E-state index contributed by atoms with van der Waals surface area (Å²) in [6, 6.07) is 8.08. The van der Waals surface area contributed by atoms with Crippen LogP contribution < -0.4 is 5.73 Å². The average molecular weight is 320 g/mol. The summed E-state index contributed by atoms with van der Waals surface area (Å²) in [5.74, 6) is -0.0156. The number of aryl methyl sites for hydroxylation is 2. The summed E-state index contributed by atoms with van der Waals surface area (Å²) in [7, 11) is 0. The van der Waals surface area contributed by atoms with E-state index in [-0.39, 0.29) is 5.84 Å². The van der Waals surface area contributed by atoms with E-state index < -0.39 is 0 Å². The molecule has 0 aliphatic heterocycles. The van der Waals surface area contributed by atoms with Crippen LogP contribution in [-0.2, 0) is 12.8 Å². The van der Waals surface area contributed by atoms with Crippen molar-refractivity contribution < 1.29 is 5.21 Å². The van der Waals surface area contributed by atoms with Crippen LogP contribution in [0.25, 0.3) is 0 Å². The van der Waals surface area contributed by atoms with Crippen LogP contribution in [0.15, 0.2) is 45.5 Å². The lowest BCUT2D eigenvalue weighted by Crippen LogP contribution is -2.14. The zero-order valence-corrected chi connectivity index (χ0v) is 12.8. The Labute approximate surface area is 132 Å². The molecule has 1 heterocycles. The highest BCUT2D eigenvalue weighted by atomic mass is 35.5. The molecule has 1 aliphatic rings. The molecule has 1 aliphatic carbocycles. The number of pyridine rings is 1. The molecule has 21 heavy (non-hydrogen) atoms. The maximum absolute atomic E-state index is 8.78. The molecular formula is C15H14ClN3OS. The summed E-state index contributed by atoms with van der Waals surface area (Å²) in [5.41, 5.74) is 8.93. The largest absolute Gasteiger partial charge is 0.409 e. The monoisotopic (exact) mass is 319 g/mol. The Morgan fingerprint density at radius 1 is 1.29 bits per heavy atom. The van der Waals surface area contributed by atoms with Crippen molar-refractivity contribution in [1.82, 2.24) is 4.98 Å². The number of fused-ring (bicyclic) bond motifs is 1. The van der Waals surface area contributed by atoms with Crippen LogP contribution >= 0.6 is 23.4 Å². The van der Waals surface area contributed by atoms with Gasteiger partial charge in [0, 0.05) is 16.7 Å². The lowest BCUT2D eigenvalue weighted by molar-refractivity contribution is 0.318. The van der Waals surface area contributed by atoms with Gasteiger partial charge in [-0.15, -0.1) is 0 Å². The van der Waals surface area contributed by atoms with Crippen LogP contribution in [0.5, 0.6) is 0 Å². The summed E-state index contributed by atoms with van der Waals surface area (Å²) >= 11 is 7.78. The number of rotatable bonds is 3. The fourth-order valence-corrected chi connectivity index (χ4v) is 3.67. The second-order valence-corrected chi connectivity index (χ2v) is 6.29. The van der Waals surface area contributed by atoms with Gasteiger partial charge in [-0.25, -0.2) is 4.98 Å². The number of nitrogens with two attached hydrogens (primary N) is 1. The first-order chi connectivity index (χ1) is 10.2. The molecule has 0 fully saturated rings. The van der Waals surface area contributed by atoms with Gasteiger partial charge in [0.1, 0.15) is 5.03 Å². The first-order valence-corrected chi connectivity index (χ1v) is 7.80. The third kappa shape index (κ3) is 2.84. The molecule has 0 atom stereocenters. The fraction of sp³-hybridized carbons (Fsp3) is 0.200. The Kier molecular flexibility index (Phi) is 4.03. The molecule has 0 saturated carbocycles. The molecule has 1 aromatic heterocycles. The molecule has 2 aromatic rings. The van der Waals surface area contributed by atoms with E-state index in [0.29, 0.717) is 15.6 Å². The zero-order chi connectivity index (χ0) is 14.8. The number of hydrogen-bond acceptors (Lipinski definition) is 4. The lowest BCUT2D eigenvalue weighted by Gasteiger charge is -2.08. The van der Waals surface area contributed by atoms with Crippen molar-refractivity contribution in [3.63, 3.8) is 0 Å². The number of hydrogen-bond donors (Lipinski definition) is 2. The highest BCUT2D eigenvalue weighted by molar-refractivity contribution is 7.99. The van der Waals surface area contributed by atoms with Gasteiger partial charge < -0.3 is 10.9 Å². The maximum Gasteiger partial charge on any atom is 0.171 e. The van der Waals surface area contributed by atoms with Crippen LogP contribution in [0.3, 0.4) is 0 Å². The second-order valence-electron chi connectivity index (χ2n) is 4.85. The van der Waals surface area contributed by atoms with Crippen molar-refractivity contribution in [3.05, 3.63) is 52.2 Å². The number of nitrogens with zero attached hydrogens (tertiary/aromatic N) is 2. The van der Waals surface area contributed by atoms with Gasteiger partial charge in [-0.3, -0.25) is 0 Å². The molecule has 0 radical (unpaired) electrons. The molecule has 3 N–H and O–H groups in total. The SMILES string of the molecule is N/C(=N/O)c1ccnc(Sc2ccc3c(c2)CCC3)c1Cl. The third-order valence-electron chi connectivity index (χ3n) is 3.53. The van der Waals surface area contributed by atoms with Gasteiger partial charge in [-0.1, -0.05) is 34.6 Å². The van der Waals surface area contributed by atoms with Gasteiger partial charge in [0.05, 0.1) is 5.02 Å². The highest BCUT2D eigenvalue weighted by Crippen LogP contribution is 2.35. The van der Waals surface area contributed by atoms with Gasteiger partial charge >= 0.3 is 0 Å². The summed E-state index contributed by atoms with van der Waals surface area (Å²) in [5, 5.41) is 12.8. The first kappa shape index (κ1) is 14.2. The smallest absolute Gasteiger partial charge is 0.171 e. The van der Waals surface area contributed by atoms with Crippen molar-refractivity contribution in [3.8, 4) is 0 Å². The second kappa shape index (κ2) is 5.95. The molecule has 0 spiro atoms. The molecule has 3 rings (SSSR count). The average Bonchev–Trinajstić information content (AvgIpc) is 2.96. The van der Waals surface area contributed by atoms with Gasteiger partial charge in [-0.2, -0.15) is 0 Å². The summed E-state index contributed by atoms with van der Waals surface area (Å²) in [6.07, 6.45) is 5.13. The van der Waals surface area contributed by atoms with E-state index in [1.165, 1.54) is 29.3 Å². The van der Waals surface area contributed by atoms with Crippen molar-refractivity contribution >= 4 is 29.2 Å². The number of aromatic nitrogens is 1. The lowest BCUT2D eigenvalue weighted by atomic mass is 10.1. The Morgan fingerprint density at radius 2 is 2.10 bits per heavy atom. The molecular weight excluding hydrogens is 306 g/mol. The van der Waals surface area contributed by atoms with Gasteiger partial charge in [0.15, 0.2) is 5.84 Å². The molecule has 0 unspecified atom stereocenters. The Balaban J connectivity index is 1.92. The molecule has 0 amide bonds. The summed E-state index contributed by atoms with van der Waals surface area (Å²) in [4.78, 5) is 5.38. The predicted molar refractivity (Wildman–Crippen MR) is 84.3 cm³/mol. The van der Waals surface area contributed by atoms with Gasteiger partial charge in [0.2, 0.25) is 0 Å². The minimum absolute atomic E-state index is 0.0156. The Bertz CT molecular complexity index is 718. The van der Waals surface area contributed by atoms with E-state index in [2.05, 4.69) is 28.3 Å². The topological polar surface area (TPSA) is 71.5 Å². The maximum atomic E-state index is 8.78. The summed E-state index contributed by atoms with van der Waals surface area (Å²) < 4.78 is 0. The van der Waals surface area contributed by atoms with E-state index in [0.717, 1.165) is 17.7 Å². The van der Waals surface area contributed by atoms with E-state index in [1.807, 2.05) is 0 Å². The Morgan fingerprint density at radius 3 is 2.90 bits per heavy atom. The normalized spacial score (nSPS) is 14.2. The number of benzene rings is 1. The van der Waals surface area contributed by atoms with E-state index in [4.69, 9.17) is 22.5 Å². The third-order valence-corrected chi connectivity index (χ3v) is 5.01. The number of oxime groups is 1. The minimum atomic E-state index is -0.0156. The standard InChI is InChI=1S/C15H14ClN3OS/c16-13-12(14(17)19-20)6-7-18-15(13)21-11-5-4-9-2-1-3-10(9)8-11/h4-8,20H,1-3H2,(H2,17,19). The number of amidine groups is 1. The van der Waals surface area contributed by atoms with E-state index in [1.54, 1.807) is 12.3 Å². The summed E-state index contributed by atoms with van der Waals surface area (Å²) in [6.45, 7) is 0. The Hall–Kier alpha value is -1.72. The van der Waals surface area contributed by atoms with Crippen LogP contribution in [-0.4, -0.2) is 16.0 Å². The first-order valence-electron chi connectivity index (χ1n) is 6.61. The molecule has 6 heteroatoms. The highest BCUT2D eigenvalue weighted by Gasteiger charge is 2.15. The van der Waals surface area contributed by atoms with Crippen LogP contribution in [0.4, 0.5) is 0 Å². The quantitative estimate of drug-likeness (QED) is 0.393. The van der Waals surface area contributed by atoms with Crippen molar-refractivity contribution in [2.45, 2.75) is 29.2 Å². The zero-order valence-electron chi connectivity index (χ0n) is 11.2. The van der Waals surface area contributed by atoms with Crippen molar-refractivity contribution in [2.75, 3.05) is 0 Å². The fourth-order valence-electron chi connectivity index (χ4n) is 2.47. The number of halogens is 1.